The minimum atomic E-state index is -0.775. The number of pyridine rings is 1. The van der Waals surface area contributed by atoms with E-state index in [1.807, 2.05) is 18.2 Å². The van der Waals surface area contributed by atoms with Gasteiger partial charge in [0, 0.05) is 54.9 Å². The number of nitrogens with zero attached hydrogens (tertiary/aromatic N) is 3. The Kier molecular flexibility index (Phi) is 3.99. The molecule has 0 aliphatic carbocycles. The topological polar surface area (TPSA) is 19.4 Å². The Morgan fingerprint density at radius 3 is 2.96 bits per heavy atom. The van der Waals surface area contributed by atoms with Crippen molar-refractivity contribution in [3.63, 3.8) is 0 Å². The van der Waals surface area contributed by atoms with Crippen molar-refractivity contribution in [3.8, 4) is 0 Å². The van der Waals surface area contributed by atoms with Crippen molar-refractivity contribution in [3.05, 3.63) is 64.1 Å². The van der Waals surface area contributed by atoms with Crippen molar-refractivity contribution >= 4 is 20.9 Å². The number of likely N-dealkylation sites (N-methyl/N-ethyl adjacent to an activating group) is 1. The number of benzene rings is 1. The summed E-state index contributed by atoms with van der Waals surface area (Å²) in [7, 11) is 1.35. The summed E-state index contributed by atoms with van der Waals surface area (Å²) in [5, 5.41) is 3.26. The van der Waals surface area contributed by atoms with Gasteiger partial charge in [-0.05, 0) is 42.4 Å². The summed E-state index contributed by atoms with van der Waals surface area (Å²) >= 11 is 0. The lowest BCUT2D eigenvalue weighted by Gasteiger charge is -2.37. The normalized spacial score (nSPS) is 25.0. The molecule has 2 aromatic rings. The molecule has 0 spiro atoms. The first-order valence-electron chi connectivity index (χ1n) is 8.58. The molecule has 1 atom stereocenters. The zero-order chi connectivity index (χ0) is 17.6. The van der Waals surface area contributed by atoms with Crippen LogP contribution < -0.4 is 0 Å². The molecule has 0 amide bonds. The van der Waals surface area contributed by atoms with Crippen LogP contribution in [0.4, 0.5) is 4.39 Å². The minimum absolute atomic E-state index is 0.164. The molecule has 2 aliphatic rings. The van der Waals surface area contributed by atoms with E-state index in [4.69, 9.17) is 4.98 Å². The SMILES string of the molecule is Cc1cc2nc(CCN3C=C4CN(C)C=CS4(C)C3)ccc2cc1F. The van der Waals surface area contributed by atoms with E-state index in [0.717, 1.165) is 42.0 Å². The molecule has 0 N–H and O–H groups in total. The van der Waals surface area contributed by atoms with Gasteiger partial charge < -0.3 is 9.80 Å². The van der Waals surface area contributed by atoms with Crippen molar-refractivity contribution in [1.82, 2.24) is 14.8 Å². The van der Waals surface area contributed by atoms with Crippen molar-refractivity contribution in [1.29, 1.82) is 0 Å². The Morgan fingerprint density at radius 1 is 1.28 bits per heavy atom. The maximum absolute atomic E-state index is 13.7. The van der Waals surface area contributed by atoms with Gasteiger partial charge in [-0.3, -0.25) is 4.98 Å². The highest BCUT2D eigenvalue weighted by Crippen LogP contribution is 2.59. The molecule has 3 nitrogen and oxygen atoms in total. The first-order chi connectivity index (χ1) is 11.9. The van der Waals surface area contributed by atoms with E-state index in [1.165, 1.54) is 0 Å². The maximum Gasteiger partial charge on any atom is 0.126 e. The Morgan fingerprint density at radius 2 is 2.12 bits per heavy atom. The molecule has 0 bridgehead atoms. The Labute approximate surface area is 150 Å². The van der Waals surface area contributed by atoms with Crippen molar-refractivity contribution in [2.45, 2.75) is 13.3 Å². The predicted molar refractivity (Wildman–Crippen MR) is 105 cm³/mol. The van der Waals surface area contributed by atoms with E-state index in [-0.39, 0.29) is 5.82 Å². The fraction of sp³-hybridized carbons (Fsp3) is 0.350. The fourth-order valence-corrected chi connectivity index (χ4v) is 6.14. The quantitative estimate of drug-likeness (QED) is 0.821. The van der Waals surface area contributed by atoms with E-state index in [9.17, 15) is 4.39 Å². The highest BCUT2D eigenvalue weighted by molar-refractivity contribution is 8.38. The van der Waals surface area contributed by atoms with Gasteiger partial charge >= 0.3 is 0 Å². The number of halogens is 1. The zero-order valence-electron chi connectivity index (χ0n) is 15.0. The Balaban J connectivity index is 1.48. The largest absolute Gasteiger partial charge is 0.375 e. The maximum atomic E-state index is 13.7. The van der Waals surface area contributed by atoms with Gasteiger partial charge in [0.1, 0.15) is 5.82 Å². The second-order valence-corrected chi connectivity index (χ2v) is 10.6. The van der Waals surface area contributed by atoms with Crippen LogP contribution in [0.5, 0.6) is 0 Å². The number of aryl methyl sites for hydroxylation is 1. The molecule has 1 aromatic carbocycles. The summed E-state index contributed by atoms with van der Waals surface area (Å²) in [5.41, 5.74) is 2.60. The number of fused-ring (bicyclic) bond motifs is 2. The molecular weight excluding hydrogens is 333 g/mol. The fourth-order valence-electron chi connectivity index (χ4n) is 3.46. The monoisotopic (exact) mass is 357 g/mol. The third-order valence-corrected chi connectivity index (χ3v) is 8.09. The van der Waals surface area contributed by atoms with Crippen LogP contribution in [-0.4, -0.2) is 47.1 Å². The van der Waals surface area contributed by atoms with Crippen molar-refractivity contribution < 1.29 is 4.39 Å². The van der Waals surface area contributed by atoms with Crippen LogP contribution in [0.15, 0.2) is 47.0 Å². The molecule has 1 unspecified atom stereocenters. The highest BCUT2D eigenvalue weighted by Gasteiger charge is 2.32. The first kappa shape index (κ1) is 16.5. The van der Waals surface area contributed by atoms with Crippen LogP contribution in [0.1, 0.15) is 11.3 Å². The lowest BCUT2D eigenvalue weighted by Crippen LogP contribution is -2.22. The van der Waals surface area contributed by atoms with Gasteiger partial charge in [-0.2, -0.15) is 10.0 Å². The lowest BCUT2D eigenvalue weighted by atomic mass is 10.1. The highest BCUT2D eigenvalue weighted by atomic mass is 32.3. The summed E-state index contributed by atoms with van der Waals surface area (Å²) in [4.78, 5) is 11.0. The van der Waals surface area contributed by atoms with E-state index < -0.39 is 10.0 Å². The molecule has 3 heterocycles. The molecule has 5 heteroatoms. The third-order valence-electron chi connectivity index (χ3n) is 5.06. The van der Waals surface area contributed by atoms with Crippen molar-refractivity contribution in [2.24, 2.45) is 0 Å². The van der Waals surface area contributed by atoms with Crippen LogP contribution in [0.3, 0.4) is 0 Å². The summed E-state index contributed by atoms with van der Waals surface area (Å²) in [6.07, 6.45) is 7.89. The molecule has 132 valence electrons. The lowest BCUT2D eigenvalue weighted by molar-refractivity contribution is 0.443. The van der Waals surface area contributed by atoms with Gasteiger partial charge in [0.25, 0.3) is 0 Å². The van der Waals surface area contributed by atoms with Crippen LogP contribution in [0.25, 0.3) is 10.9 Å². The zero-order valence-corrected chi connectivity index (χ0v) is 15.8. The molecular formula is C20H24FN3S. The third kappa shape index (κ3) is 3.13. The van der Waals surface area contributed by atoms with E-state index >= 15 is 0 Å². The second-order valence-electron chi connectivity index (χ2n) is 7.24. The minimum Gasteiger partial charge on any atom is -0.375 e. The van der Waals surface area contributed by atoms with E-state index in [2.05, 4.69) is 40.9 Å². The molecule has 4 rings (SSSR count). The van der Waals surface area contributed by atoms with Gasteiger partial charge in [-0.25, -0.2) is 4.39 Å². The predicted octanol–water partition coefficient (Wildman–Crippen LogP) is 4.19. The summed E-state index contributed by atoms with van der Waals surface area (Å²) in [6, 6.07) is 7.42. The number of hydrogen-bond donors (Lipinski definition) is 0. The Hall–Kier alpha value is -2.01. The molecule has 0 radical (unpaired) electrons. The molecule has 0 fully saturated rings. The molecule has 25 heavy (non-hydrogen) atoms. The van der Waals surface area contributed by atoms with Crippen molar-refractivity contribution in [2.75, 3.05) is 32.3 Å². The summed E-state index contributed by atoms with van der Waals surface area (Å²) in [5.74, 6) is 0.951. The second kappa shape index (κ2) is 6.06. The number of hydrogen-bond acceptors (Lipinski definition) is 3. The molecule has 0 saturated heterocycles. The van der Waals surface area contributed by atoms with Crippen LogP contribution in [0, 0.1) is 12.7 Å². The first-order valence-corrected chi connectivity index (χ1v) is 10.9. The molecule has 0 saturated carbocycles. The smallest absolute Gasteiger partial charge is 0.126 e. The Bertz CT molecular complexity index is 892. The van der Waals surface area contributed by atoms with E-state index in [1.54, 1.807) is 17.9 Å². The van der Waals surface area contributed by atoms with Crippen LogP contribution in [-0.2, 0) is 6.42 Å². The van der Waals surface area contributed by atoms with E-state index in [0.29, 0.717) is 5.56 Å². The molecule has 2 aliphatic heterocycles. The summed E-state index contributed by atoms with van der Waals surface area (Å²) < 4.78 is 13.7. The standard InChI is InChI=1S/C20H24FN3S/c1-15-10-20-16(11-19(15)21)4-5-17(22-20)6-7-24-13-18-12-23(2)8-9-25(18,3)14-24/h4-5,8-11,13H,6-7,12,14H2,1-3H3. The van der Waals surface area contributed by atoms with Crippen LogP contribution in [0.2, 0.25) is 0 Å². The van der Waals surface area contributed by atoms with Gasteiger partial charge in [-0.15, -0.1) is 0 Å². The average molecular weight is 357 g/mol. The van der Waals surface area contributed by atoms with Gasteiger partial charge in [-0.1, -0.05) is 6.07 Å². The van der Waals surface area contributed by atoms with Crippen LogP contribution >= 0.6 is 10.0 Å². The van der Waals surface area contributed by atoms with Gasteiger partial charge in [0.15, 0.2) is 0 Å². The number of rotatable bonds is 3. The van der Waals surface area contributed by atoms with Gasteiger partial charge in [0.05, 0.1) is 11.4 Å². The average Bonchev–Trinajstić information content (AvgIpc) is 2.90. The number of aromatic nitrogens is 1. The van der Waals surface area contributed by atoms with Gasteiger partial charge in [0.2, 0.25) is 0 Å². The summed E-state index contributed by atoms with van der Waals surface area (Å²) in [6.45, 7) is 3.80. The molecule has 1 aromatic heterocycles.